The molecule has 1 atom stereocenters. The molecule has 2 rings (SSSR count). The van der Waals surface area contributed by atoms with Crippen molar-refractivity contribution in [2.24, 2.45) is 0 Å². The number of halogens is 1. The number of benzene rings is 1. The van der Waals surface area contributed by atoms with Crippen molar-refractivity contribution in [3.05, 3.63) is 53.5 Å². The summed E-state index contributed by atoms with van der Waals surface area (Å²) in [7, 11) is 1.45. The molecule has 2 aromatic rings. The maximum atomic E-state index is 13.8. The van der Waals surface area contributed by atoms with Gasteiger partial charge in [0.15, 0.2) is 0 Å². The van der Waals surface area contributed by atoms with E-state index >= 15 is 0 Å². The topological polar surface area (TPSA) is 68.4 Å². The Bertz CT molecular complexity index is 560. The van der Waals surface area contributed by atoms with E-state index in [1.54, 1.807) is 18.2 Å². The average molecular weight is 248 g/mol. The lowest BCUT2D eigenvalue weighted by Crippen LogP contribution is -2.07. The fourth-order valence-electron chi connectivity index (χ4n) is 1.69. The first-order chi connectivity index (χ1) is 8.63. The summed E-state index contributed by atoms with van der Waals surface area (Å²) < 4.78 is 18.7. The second-order valence-electron chi connectivity index (χ2n) is 3.77. The number of ether oxygens (including phenoxy) is 1. The molecular formula is C13H13FN2O2. The Balaban J connectivity index is 2.40. The van der Waals surface area contributed by atoms with Crippen LogP contribution in [0.5, 0.6) is 5.75 Å². The molecule has 18 heavy (non-hydrogen) atoms. The van der Waals surface area contributed by atoms with E-state index in [1.165, 1.54) is 25.4 Å². The van der Waals surface area contributed by atoms with Crippen molar-refractivity contribution in [3.63, 3.8) is 0 Å². The van der Waals surface area contributed by atoms with Gasteiger partial charge in [0.25, 0.3) is 0 Å². The Morgan fingerprint density at radius 2 is 2.11 bits per heavy atom. The molecule has 1 aromatic carbocycles. The van der Waals surface area contributed by atoms with E-state index in [-0.39, 0.29) is 11.4 Å². The summed E-state index contributed by atoms with van der Waals surface area (Å²) in [5.41, 5.74) is 6.16. The van der Waals surface area contributed by atoms with E-state index in [9.17, 15) is 9.50 Å². The zero-order valence-electron chi connectivity index (χ0n) is 9.80. The van der Waals surface area contributed by atoms with Crippen LogP contribution in [0.4, 0.5) is 10.2 Å². The van der Waals surface area contributed by atoms with Crippen molar-refractivity contribution in [3.8, 4) is 5.75 Å². The van der Waals surface area contributed by atoms with Gasteiger partial charge in [-0.2, -0.15) is 0 Å². The standard InChI is InChI=1S/C13H13FN2O2/c1-18-8-4-5-9(11(14)7-8)12(17)10-3-2-6-16-13(10)15/h2-7,12,17H,1H3,(H2,15,16). The number of aliphatic hydroxyl groups is 1. The van der Waals surface area contributed by atoms with Crippen LogP contribution >= 0.6 is 0 Å². The quantitative estimate of drug-likeness (QED) is 0.870. The Morgan fingerprint density at radius 3 is 2.72 bits per heavy atom. The van der Waals surface area contributed by atoms with Gasteiger partial charge in [0.05, 0.1) is 7.11 Å². The fraction of sp³-hybridized carbons (Fsp3) is 0.154. The molecule has 0 spiro atoms. The lowest BCUT2D eigenvalue weighted by atomic mass is 10.0. The summed E-state index contributed by atoms with van der Waals surface area (Å²) in [6.45, 7) is 0. The van der Waals surface area contributed by atoms with Crippen molar-refractivity contribution in [1.29, 1.82) is 0 Å². The molecule has 1 aromatic heterocycles. The van der Waals surface area contributed by atoms with E-state index in [4.69, 9.17) is 10.5 Å². The summed E-state index contributed by atoms with van der Waals surface area (Å²) in [4.78, 5) is 3.86. The maximum absolute atomic E-state index is 13.8. The third-order valence-corrected chi connectivity index (χ3v) is 2.67. The smallest absolute Gasteiger partial charge is 0.133 e. The van der Waals surface area contributed by atoms with E-state index < -0.39 is 11.9 Å². The Labute approximate surface area is 104 Å². The Morgan fingerprint density at radius 1 is 1.33 bits per heavy atom. The first-order valence-electron chi connectivity index (χ1n) is 5.35. The molecule has 0 saturated carbocycles. The van der Waals surface area contributed by atoms with Crippen LogP contribution in [0.2, 0.25) is 0 Å². The molecule has 3 N–H and O–H groups in total. The molecule has 0 fully saturated rings. The van der Waals surface area contributed by atoms with Gasteiger partial charge in [-0.1, -0.05) is 6.07 Å². The Kier molecular flexibility index (Phi) is 3.43. The summed E-state index contributed by atoms with van der Waals surface area (Å²) in [6, 6.07) is 7.50. The van der Waals surface area contributed by atoms with Gasteiger partial charge < -0.3 is 15.6 Å². The summed E-state index contributed by atoms with van der Waals surface area (Å²) in [5.74, 6) is 0.0212. The van der Waals surface area contributed by atoms with Gasteiger partial charge >= 0.3 is 0 Å². The number of hydrogen-bond acceptors (Lipinski definition) is 4. The highest BCUT2D eigenvalue weighted by molar-refractivity contribution is 5.45. The zero-order chi connectivity index (χ0) is 13.1. The number of methoxy groups -OCH3 is 1. The lowest BCUT2D eigenvalue weighted by molar-refractivity contribution is 0.215. The number of pyridine rings is 1. The molecule has 0 aliphatic rings. The molecule has 5 heteroatoms. The van der Waals surface area contributed by atoms with E-state index in [0.717, 1.165) is 0 Å². The first-order valence-corrected chi connectivity index (χ1v) is 5.35. The highest BCUT2D eigenvalue weighted by Gasteiger charge is 2.18. The molecule has 0 saturated heterocycles. The normalized spacial score (nSPS) is 12.2. The van der Waals surface area contributed by atoms with E-state index in [0.29, 0.717) is 11.3 Å². The van der Waals surface area contributed by atoms with Gasteiger partial charge in [-0.3, -0.25) is 0 Å². The largest absolute Gasteiger partial charge is 0.497 e. The second-order valence-corrected chi connectivity index (χ2v) is 3.77. The molecule has 0 aliphatic heterocycles. The van der Waals surface area contributed by atoms with Crippen molar-refractivity contribution in [2.75, 3.05) is 12.8 Å². The molecule has 0 bridgehead atoms. The molecule has 1 heterocycles. The minimum Gasteiger partial charge on any atom is -0.497 e. The number of aliphatic hydroxyl groups excluding tert-OH is 1. The summed E-state index contributed by atoms with van der Waals surface area (Å²) in [6.07, 6.45) is 0.361. The van der Waals surface area contributed by atoms with Crippen molar-refractivity contribution in [2.45, 2.75) is 6.10 Å². The number of hydrogen-bond donors (Lipinski definition) is 2. The van der Waals surface area contributed by atoms with Gasteiger partial charge in [0.1, 0.15) is 23.5 Å². The SMILES string of the molecule is COc1ccc(C(O)c2cccnc2N)c(F)c1. The van der Waals surface area contributed by atoms with Crippen LogP contribution in [-0.4, -0.2) is 17.2 Å². The maximum Gasteiger partial charge on any atom is 0.133 e. The number of nitrogens with zero attached hydrogens (tertiary/aromatic N) is 1. The lowest BCUT2D eigenvalue weighted by Gasteiger charge is -2.14. The number of rotatable bonds is 3. The predicted molar refractivity (Wildman–Crippen MR) is 65.7 cm³/mol. The summed E-state index contributed by atoms with van der Waals surface area (Å²) >= 11 is 0. The summed E-state index contributed by atoms with van der Waals surface area (Å²) in [5, 5.41) is 10.1. The fourth-order valence-corrected chi connectivity index (χ4v) is 1.69. The molecule has 0 radical (unpaired) electrons. The number of nitrogen functional groups attached to an aromatic ring is 1. The molecule has 0 aliphatic carbocycles. The Hall–Kier alpha value is -2.14. The number of nitrogens with two attached hydrogens (primary N) is 1. The highest BCUT2D eigenvalue weighted by atomic mass is 19.1. The van der Waals surface area contributed by atoms with Crippen LogP contribution in [0.1, 0.15) is 17.2 Å². The molecule has 4 nitrogen and oxygen atoms in total. The average Bonchev–Trinajstić information content (AvgIpc) is 2.38. The van der Waals surface area contributed by atoms with Crippen LogP contribution < -0.4 is 10.5 Å². The van der Waals surface area contributed by atoms with Gasteiger partial charge in [-0.25, -0.2) is 9.37 Å². The molecule has 0 amide bonds. The van der Waals surface area contributed by atoms with Crippen LogP contribution in [0.15, 0.2) is 36.5 Å². The first kappa shape index (κ1) is 12.3. The van der Waals surface area contributed by atoms with Crippen molar-refractivity contribution in [1.82, 2.24) is 4.98 Å². The minimum atomic E-state index is -1.15. The van der Waals surface area contributed by atoms with Gasteiger partial charge in [-0.05, 0) is 18.2 Å². The monoisotopic (exact) mass is 248 g/mol. The predicted octanol–water partition coefficient (Wildman–Crippen LogP) is 1.89. The molecule has 94 valence electrons. The number of aromatic nitrogens is 1. The van der Waals surface area contributed by atoms with Crippen LogP contribution in [-0.2, 0) is 0 Å². The molecule has 1 unspecified atom stereocenters. The van der Waals surface area contributed by atoms with Crippen LogP contribution in [0, 0.1) is 5.82 Å². The number of anilines is 1. The van der Waals surface area contributed by atoms with E-state index in [1.807, 2.05) is 0 Å². The van der Waals surface area contributed by atoms with Gasteiger partial charge in [0.2, 0.25) is 0 Å². The van der Waals surface area contributed by atoms with Crippen molar-refractivity contribution < 1.29 is 14.2 Å². The third kappa shape index (κ3) is 2.26. The minimum absolute atomic E-state index is 0.135. The van der Waals surface area contributed by atoms with Crippen molar-refractivity contribution >= 4 is 5.82 Å². The van der Waals surface area contributed by atoms with Crippen LogP contribution in [0.3, 0.4) is 0 Å². The highest BCUT2D eigenvalue weighted by Crippen LogP contribution is 2.28. The third-order valence-electron chi connectivity index (χ3n) is 2.67. The van der Waals surface area contributed by atoms with E-state index in [2.05, 4.69) is 4.98 Å². The van der Waals surface area contributed by atoms with Gasteiger partial charge in [0, 0.05) is 23.4 Å². The van der Waals surface area contributed by atoms with Crippen LogP contribution in [0.25, 0.3) is 0 Å². The van der Waals surface area contributed by atoms with Gasteiger partial charge in [-0.15, -0.1) is 0 Å². The zero-order valence-corrected chi connectivity index (χ0v) is 9.80. The second kappa shape index (κ2) is 5.01. The molecular weight excluding hydrogens is 235 g/mol.